The molecular formula is C22H22O5. The molecular weight excluding hydrogens is 344 g/mol. The fourth-order valence-electron chi connectivity index (χ4n) is 3.29. The highest BCUT2D eigenvalue weighted by atomic mass is 16.7. The Kier molecular flexibility index (Phi) is 5.09. The average Bonchev–Trinajstić information content (AvgIpc) is 2.70. The summed E-state index contributed by atoms with van der Waals surface area (Å²) >= 11 is 0. The van der Waals surface area contributed by atoms with E-state index in [4.69, 9.17) is 9.47 Å². The third-order valence-corrected chi connectivity index (χ3v) is 4.85. The van der Waals surface area contributed by atoms with E-state index in [1.807, 2.05) is 36.4 Å². The van der Waals surface area contributed by atoms with Gasteiger partial charge in [-0.25, -0.2) is 0 Å². The van der Waals surface area contributed by atoms with Crippen LogP contribution in [-0.2, 0) is 11.2 Å². The van der Waals surface area contributed by atoms with Gasteiger partial charge in [0, 0.05) is 0 Å². The molecule has 140 valence electrons. The number of rotatable bonds is 4. The van der Waals surface area contributed by atoms with Crippen LogP contribution in [0.25, 0.3) is 10.8 Å². The standard InChI is InChI=1S/C22H22O5/c23-19-13-26-22(21(25)20(19)24)27-18-9-6-14(7-10-18)11-15-5-8-16-3-1-2-4-17(16)12-15/h1-10,12,19-25H,11,13H2/t19-,20-,21+,22+/m0/s1. The van der Waals surface area contributed by atoms with E-state index in [0.717, 1.165) is 12.0 Å². The second kappa shape index (κ2) is 7.66. The Labute approximate surface area is 157 Å². The van der Waals surface area contributed by atoms with E-state index in [2.05, 4.69) is 30.3 Å². The summed E-state index contributed by atoms with van der Waals surface area (Å²) in [7, 11) is 0. The Morgan fingerprint density at radius 2 is 1.52 bits per heavy atom. The fraction of sp³-hybridized carbons (Fsp3) is 0.273. The van der Waals surface area contributed by atoms with Gasteiger partial charge >= 0.3 is 0 Å². The minimum atomic E-state index is -1.30. The van der Waals surface area contributed by atoms with Crippen LogP contribution >= 0.6 is 0 Å². The Hall–Kier alpha value is -2.44. The van der Waals surface area contributed by atoms with Crippen molar-refractivity contribution in [1.29, 1.82) is 0 Å². The van der Waals surface area contributed by atoms with E-state index < -0.39 is 24.6 Å². The lowest BCUT2D eigenvalue weighted by atomic mass is 10.0. The Bertz CT molecular complexity index is 908. The number of aliphatic hydroxyl groups excluding tert-OH is 3. The first kappa shape index (κ1) is 17.9. The van der Waals surface area contributed by atoms with Crippen LogP contribution in [0.2, 0.25) is 0 Å². The fourth-order valence-corrected chi connectivity index (χ4v) is 3.29. The van der Waals surface area contributed by atoms with Gasteiger partial charge in [0.05, 0.1) is 6.61 Å². The van der Waals surface area contributed by atoms with Gasteiger partial charge in [-0.05, 0) is 40.5 Å². The molecule has 3 aromatic rings. The number of ether oxygens (including phenoxy) is 2. The van der Waals surface area contributed by atoms with E-state index in [1.54, 1.807) is 0 Å². The summed E-state index contributed by atoms with van der Waals surface area (Å²) < 4.78 is 10.9. The highest BCUT2D eigenvalue weighted by Crippen LogP contribution is 2.23. The number of benzene rings is 3. The molecule has 1 heterocycles. The highest BCUT2D eigenvalue weighted by Gasteiger charge is 2.38. The van der Waals surface area contributed by atoms with Gasteiger partial charge in [0.2, 0.25) is 6.29 Å². The lowest BCUT2D eigenvalue weighted by Crippen LogP contribution is -2.54. The molecule has 0 unspecified atom stereocenters. The molecule has 0 amide bonds. The van der Waals surface area contributed by atoms with E-state index in [0.29, 0.717) is 5.75 Å². The molecule has 5 nitrogen and oxygen atoms in total. The van der Waals surface area contributed by atoms with Crippen molar-refractivity contribution in [3.63, 3.8) is 0 Å². The number of aliphatic hydroxyl groups is 3. The summed E-state index contributed by atoms with van der Waals surface area (Å²) in [4.78, 5) is 0. The van der Waals surface area contributed by atoms with Crippen molar-refractivity contribution in [2.24, 2.45) is 0 Å². The van der Waals surface area contributed by atoms with Gasteiger partial charge in [-0.2, -0.15) is 0 Å². The summed E-state index contributed by atoms with van der Waals surface area (Å²) in [6.07, 6.45) is -3.89. The van der Waals surface area contributed by atoms with Crippen LogP contribution in [0.3, 0.4) is 0 Å². The molecule has 0 aliphatic carbocycles. The first-order chi connectivity index (χ1) is 13.1. The van der Waals surface area contributed by atoms with E-state index in [1.165, 1.54) is 16.3 Å². The lowest BCUT2D eigenvalue weighted by molar-refractivity contribution is -0.242. The van der Waals surface area contributed by atoms with E-state index in [9.17, 15) is 15.3 Å². The van der Waals surface area contributed by atoms with Gasteiger partial charge < -0.3 is 24.8 Å². The maximum absolute atomic E-state index is 9.95. The number of hydrogen-bond donors (Lipinski definition) is 3. The van der Waals surface area contributed by atoms with Gasteiger partial charge in [0.15, 0.2) is 0 Å². The molecule has 0 aromatic heterocycles. The molecule has 1 aliphatic heterocycles. The smallest absolute Gasteiger partial charge is 0.228 e. The largest absolute Gasteiger partial charge is 0.462 e. The average molecular weight is 366 g/mol. The van der Waals surface area contributed by atoms with Gasteiger partial charge in [-0.3, -0.25) is 0 Å². The maximum atomic E-state index is 9.95. The monoisotopic (exact) mass is 366 g/mol. The molecule has 1 aliphatic rings. The SMILES string of the molecule is O[C@@H]1[C@@H](O)[C@@H](Oc2ccc(Cc3ccc4ccccc4c3)cc2)OC[C@@H]1O. The Morgan fingerprint density at radius 3 is 2.30 bits per heavy atom. The summed E-state index contributed by atoms with van der Waals surface area (Å²) in [5.74, 6) is 0.532. The Balaban J connectivity index is 1.42. The third-order valence-electron chi connectivity index (χ3n) is 4.85. The topological polar surface area (TPSA) is 79.2 Å². The minimum absolute atomic E-state index is 0.0804. The van der Waals surface area contributed by atoms with Gasteiger partial charge in [0.25, 0.3) is 0 Å². The van der Waals surface area contributed by atoms with Crippen LogP contribution in [-0.4, -0.2) is 46.5 Å². The quantitative estimate of drug-likeness (QED) is 0.660. The molecule has 0 saturated carbocycles. The molecule has 0 spiro atoms. The van der Waals surface area contributed by atoms with Gasteiger partial charge in [-0.15, -0.1) is 0 Å². The van der Waals surface area contributed by atoms with Crippen molar-refractivity contribution < 1.29 is 24.8 Å². The van der Waals surface area contributed by atoms with E-state index in [-0.39, 0.29) is 6.61 Å². The van der Waals surface area contributed by atoms with Crippen molar-refractivity contribution in [3.8, 4) is 5.75 Å². The molecule has 1 saturated heterocycles. The van der Waals surface area contributed by atoms with Gasteiger partial charge in [0.1, 0.15) is 24.1 Å². The molecule has 4 rings (SSSR count). The summed E-state index contributed by atoms with van der Waals surface area (Å²) in [5.41, 5.74) is 2.36. The van der Waals surface area contributed by atoms with Crippen LogP contribution in [0.1, 0.15) is 11.1 Å². The molecule has 0 radical (unpaired) electrons. The second-order valence-corrected chi connectivity index (χ2v) is 6.87. The van der Waals surface area contributed by atoms with Crippen LogP contribution in [0.15, 0.2) is 66.7 Å². The molecule has 1 fully saturated rings. The predicted molar refractivity (Wildman–Crippen MR) is 102 cm³/mol. The Morgan fingerprint density at radius 1 is 0.815 bits per heavy atom. The van der Waals surface area contributed by atoms with Crippen molar-refractivity contribution in [3.05, 3.63) is 77.9 Å². The summed E-state index contributed by atoms with van der Waals surface area (Å²) in [5, 5.41) is 31.6. The molecule has 5 heteroatoms. The molecule has 27 heavy (non-hydrogen) atoms. The first-order valence-corrected chi connectivity index (χ1v) is 8.99. The third kappa shape index (κ3) is 3.96. The first-order valence-electron chi connectivity index (χ1n) is 8.99. The number of fused-ring (bicyclic) bond motifs is 1. The summed E-state index contributed by atoms with van der Waals surface area (Å²) in [6, 6.07) is 22.3. The zero-order valence-corrected chi connectivity index (χ0v) is 14.7. The molecule has 0 bridgehead atoms. The van der Waals surface area contributed by atoms with E-state index >= 15 is 0 Å². The van der Waals surface area contributed by atoms with Crippen LogP contribution in [0, 0.1) is 0 Å². The normalized spacial score (nSPS) is 25.4. The van der Waals surface area contributed by atoms with Crippen molar-refractivity contribution in [2.45, 2.75) is 31.0 Å². The zero-order chi connectivity index (χ0) is 18.8. The zero-order valence-electron chi connectivity index (χ0n) is 14.7. The number of hydrogen-bond acceptors (Lipinski definition) is 5. The molecule has 3 N–H and O–H groups in total. The maximum Gasteiger partial charge on any atom is 0.228 e. The molecule has 3 aromatic carbocycles. The van der Waals surface area contributed by atoms with Gasteiger partial charge in [-0.1, -0.05) is 54.6 Å². The van der Waals surface area contributed by atoms with Crippen molar-refractivity contribution in [2.75, 3.05) is 6.61 Å². The minimum Gasteiger partial charge on any atom is -0.462 e. The van der Waals surface area contributed by atoms with Crippen LogP contribution in [0.4, 0.5) is 0 Å². The van der Waals surface area contributed by atoms with Crippen molar-refractivity contribution >= 4 is 10.8 Å². The van der Waals surface area contributed by atoms with Crippen LogP contribution in [0.5, 0.6) is 5.75 Å². The van der Waals surface area contributed by atoms with Crippen molar-refractivity contribution in [1.82, 2.24) is 0 Å². The summed E-state index contributed by atoms with van der Waals surface area (Å²) in [6.45, 7) is -0.0804. The highest BCUT2D eigenvalue weighted by molar-refractivity contribution is 5.83. The molecule has 4 atom stereocenters. The van der Waals surface area contributed by atoms with Crippen LogP contribution < -0.4 is 4.74 Å². The predicted octanol–water partition coefficient (Wildman–Crippen LogP) is 2.25. The lowest BCUT2D eigenvalue weighted by Gasteiger charge is -2.34. The second-order valence-electron chi connectivity index (χ2n) is 6.87.